The predicted molar refractivity (Wildman–Crippen MR) is 93.2 cm³/mol. The van der Waals surface area contributed by atoms with Gasteiger partial charge in [-0.15, -0.1) is 0 Å². The van der Waals surface area contributed by atoms with Gasteiger partial charge >= 0.3 is 5.97 Å². The fraction of sp³-hybridized carbons (Fsp3) is 0.800. The van der Waals surface area contributed by atoms with Crippen LogP contribution in [0.1, 0.15) is 53.9 Å². The van der Waals surface area contributed by atoms with Gasteiger partial charge in [0.25, 0.3) is 0 Å². The van der Waals surface area contributed by atoms with Crippen molar-refractivity contribution < 1.29 is 19.4 Å². The van der Waals surface area contributed by atoms with Crippen LogP contribution in [0.25, 0.3) is 0 Å². The lowest BCUT2D eigenvalue weighted by atomic mass is 9.63. The SMILES string of the molecule is C=C1C(OC(=O)CC(C)C)CC(C(C)C)C2C1CC(=O)C2C(C)O. The summed E-state index contributed by atoms with van der Waals surface area (Å²) < 4.78 is 5.72. The molecular weight excluding hydrogens is 304 g/mol. The van der Waals surface area contributed by atoms with E-state index in [9.17, 15) is 14.7 Å². The summed E-state index contributed by atoms with van der Waals surface area (Å²) in [6.07, 6.45) is 0.588. The average molecular weight is 336 g/mol. The molecule has 136 valence electrons. The van der Waals surface area contributed by atoms with Crippen LogP contribution < -0.4 is 0 Å². The Bertz CT molecular complexity index is 506. The number of Topliss-reactive ketones (excluding diaryl/α,β-unsaturated/α-hetero) is 1. The Morgan fingerprint density at radius 3 is 2.42 bits per heavy atom. The van der Waals surface area contributed by atoms with Crippen molar-refractivity contribution in [2.45, 2.75) is 66.1 Å². The number of carbonyl (C=O) groups is 2. The van der Waals surface area contributed by atoms with E-state index in [-0.39, 0.29) is 47.4 Å². The van der Waals surface area contributed by atoms with Gasteiger partial charge in [0.1, 0.15) is 11.9 Å². The number of hydrogen-bond acceptors (Lipinski definition) is 4. The van der Waals surface area contributed by atoms with Crippen molar-refractivity contribution in [3.8, 4) is 0 Å². The Hall–Kier alpha value is -1.16. The Kier molecular flexibility index (Phi) is 5.90. The van der Waals surface area contributed by atoms with Crippen LogP contribution in [-0.2, 0) is 14.3 Å². The average Bonchev–Trinajstić information content (AvgIpc) is 2.78. The second kappa shape index (κ2) is 7.38. The van der Waals surface area contributed by atoms with Gasteiger partial charge in [0.2, 0.25) is 0 Å². The number of aliphatic hydroxyl groups excluding tert-OH is 1. The van der Waals surface area contributed by atoms with E-state index in [4.69, 9.17) is 4.74 Å². The molecule has 0 aromatic carbocycles. The third-order valence-electron chi connectivity index (χ3n) is 5.77. The maximum absolute atomic E-state index is 12.5. The highest BCUT2D eigenvalue weighted by Crippen LogP contribution is 2.53. The second-order valence-electron chi connectivity index (χ2n) is 8.42. The summed E-state index contributed by atoms with van der Waals surface area (Å²) in [5.74, 6) is 0.643. The summed E-state index contributed by atoms with van der Waals surface area (Å²) in [4.78, 5) is 24.6. The molecule has 0 spiro atoms. The van der Waals surface area contributed by atoms with Gasteiger partial charge < -0.3 is 9.84 Å². The van der Waals surface area contributed by atoms with Crippen molar-refractivity contribution in [1.82, 2.24) is 0 Å². The molecule has 2 saturated carbocycles. The maximum atomic E-state index is 12.5. The van der Waals surface area contributed by atoms with Crippen LogP contribution in [0.2, 0.25) is 0 Å². The number of carbonyl (C=O) groups excluding carboxylic acids is 2. The minimum absolute atomic E-state index is 0.0232. The topological polar surface area (TPSA) is 63.6 Å². The fourth-order valence-electron chi connectivity index (χ4n) is 4.66. The molecule has 0 heterocycles. The lowest BCUT2D eigenvalue weighted by molar-refractivity contribution is -0.151. The number of ketones is 1. The Labute approximate surface area is 145 Å². The second-order valence-corrected chi connectivity index (χ2v) is 8.42. The molecule has 0 bridgehead atoms. The third-order valence-corrected chi connectivity index (χ3v) is 5.77. The van der Waals surface area contributed by atoms with Crippen LogP contribution in [0.15, 0.2) is 12.2 Å². The minimum atomic E-state index is -0.637. The number of aliphatic hydroxyl groups is 1. The quantitative estimate of drug-likeness (QED) is 0.617. The molecule has 2 aliphatic carbocycles. The van der Waals surface area contributed by atoms with Gasteiger partial charge in [-0.25, -0.2) is 0 Å². The molecule has 0 aliphatic heterocycles. The van der Waals surface area contributed by atoms with Crippen LogP contribution in [0, 0.1) is 35.5 Å². The van der Waals surface area contributed by atoms with E-state index < -0.39 is 6.10 Å². The van der Waals surface area contributed by atoms with Crippen molar-refractivity contribution in [1.29, 1.82) is 0 Å². The summed E-state index contributed by atoms with van der Waals surface area (Å²) in [5, 5.41) is 10.1. The van der Waals surface area contributed by atoms with Crippen molar-refractivity contribution in [3.05, 3.63) is 12.2 Å². The maximum Gasteiger partial charge on any atom is 0.306 e. The first-order valence-corrected chi connectivity index (χ1v) is 9.22. The monoisotopic (exact) mass is 336 g/mol. The van der Waals surface area contributed by atoms with E-state index in [1.165, 1.54) is 0 Å². The lowest BCUT2D eigenvalue weighted by Gasteiger charge is -2.44. The number of esters is 1. The van der Waals surface area contributed by atoms with Crippen LogP contribution in [0.3, 0.4) is 0 Å². The molecule has 6 atom stereocenters. The summed E-state index contributed by atoms with van der Waals surface area (Å²) in [5.41, 5.74) is 0.866. The summed E-state index contributed by atoms with van der Waals surface area (Å²) in [7, 11) is 0. The summed E-state index contributed by atoms with van der Waals surface area (Å²) in [6.45, 7) is 14.2. The lowest BCUT2D eigenvalue weighted by Crippen LogP contribution is -2.43. The molecule has 4 heteroatoms. The Morgan fingerprint density at radius 1 is 1.29 bits per heavy atom. The molecule has 0 aromatic heterocycles. The fourth-order valence-corrected chi connectivity index (χ4v) is 4.66. The summed E-state index contributed by atoms with van der Waals surface area (Å²) >= 11 is 0. The first-order valence-electron chi connectivity index (χ1n) is 9.22. The van der Waals surface area contributed by atoms with Gasteiger partial charge in [0, 0.05) is 18.8 Å². The van der Waals surface area contributed by atoms with Crippen molar-refractivity contribution in [3.63, 3.8) is 0 Å². The van der Waals surface area contributed by atoms with Gasteiger partial charge in [-0.1, -0.05) is 34.3 Å². The van der Waals surface area contributed by atoms with E-state index >= 15 is 0 Å². The molecule has 4 nitrogen and oxygen atoms in total. The molecule has 24 heavy (non-hydrogen) atoms. The number of fused-ring (bicyclic) bond motifs is 1. The smallest absolute Gasteiger partial charge is 0.306 e. The van der Waals surface area contributed by atoms with Gasteiger partial charge in [-0.05, 0) is 48.5 Å². The molecule has 2 fully saturated rings. The van der Waals surface area contributed by atoms with Crippen LogP contribution in [0.5, 0.6) is 0 Å². The summed E-state index contributed by atoms with van der Waals surface area (Å²) in [6, 6.07) is 0. The molecule has 0 radical (unpaired) electrons. The van der Waals surface area contributed by atoms with Gasteiger partial charge in [0.15, 0.2) is 0 Å². The van der Waals surface area contributed by atoms with E-state index in [0.29, 0.717) is 25.2 Å². The van der Waals surface area contributed by atoms with Crippen LogP contribution in [-0.4, -0.2) is 29.1 Å². The van der Waals surface area contributed by atoms with E-state index in [1.54, 1.807) is 6.92 Å². The zero-order valence-electron chi connectivity index (χ0n) is 15.6. The van der Waals surface area contributed by atoms with Gasteiger partial charge in [-0.3, -0.25) is 9.59 Å². The molecule has 0 amide bonds. The Balaban J connectivity index is 2.22. The molecule has 0 saturated heterocycles. The highest BCUT2D eigenvalue weighted by Gasteiger charge is 2.54. The highest BCUT2D eigenvalue weighted by molar-refractivity contribution is 5.85. The largest absolute Gasteiger partial charge is 0.458 e. The van der Waals surface area contributed by atoms with Gasteiger partial charge in [-0.2, -0.15) is 0 Å². The predicted octanol–water partition coefficient (Wildman–Crippen LogP) is 3.38. The highest BCUT2D eigenvalue weighted by atomic mass is 16.5. The zero-order chi connectivity index (χ0) is 18.2. The third kappa shape index (κ3) is 3.74. The minimum Gasteiger partial charge on any atom is -0.458 e. The Morgan fingerprint density at radius 2 is 1.92 bits per heavy atom. The first kappa shape index (κ1) is 19.2. The van der Waals surface area contributed by atoms with Crippen molar-refractivity contribution in [2.75, 3.05) is 0 Å². The molecule has 1 N–H and O–H groups in total. The first-order chi connectivity index (χ1) is 11.1. The van der Waals surface area contributed by atoms with Crippen LogP contribution in [0.4, 0.5) is 0 Å². The standard InChI is InChI=1S/C20H32O4/c1-10(2)7-18(23)24-17-9-14(11(3)4)20-15(12(17)5)8-16(22)19(20)13(6)21/h10-11,13-15,17,19-21H,5,7-9H2,1-4,6H3. The molecule has 6 unspecified atom stereocenters. The van der Waals surface area contributed by atoms with Crippen molar-refractivity contribution >= 4 is 11.8 Å². The van der Waals surface area contributed by atoms with E-state index in [1.807, 2.05) is 13.8 Å². The molecule has 2 aliphatic rings. The van der Waals surface area contributed by atoms with Crippen LogP contribution >= 0.6 is 0 Å². The van der Waals surface area contributed by atoms with E-state index in [2.05, 4.69) is 20.4 Å². The number of ether oxygens (including phenoxy) is 1. The van der Waals surface area contributed by atoms with Gasteiger partial charge in [0.05, 0.1) is 6.10 Å². The molecule has 2 rings (SSSR count). The zero-order valence-corrected chi connectivity index (χ0v) is 15.6. The van der Waals surface area contributed by atoms with Crippen molar-refractivity contribution in [2.24, 2.45) is 35.5 Å². The number of rotatable bonds is 5. The normalized spacial score (nSPS) is 34.6. The van der Waals surface area contributed by atoms with E-state index in [0.717, 1.165) is 5.57 Å². The number of hydrogen-bond donors (Lipinski definition) is 1. The molecular formula is C20H32O4. The molecule has 0 aromatic rings.